The second-order valence-electron chi connectivity index (χ2n) is 4.92. The van der Waals surface area contributed by atoms with Crippen LogP contribution in [0.1, 0.15) is 17.0 Å². The number of aromatic nitrogens is 1. The Kier molecular flexibility index (Phi) is 3.48. The molecule has 2 nitrogen and oxygen atoms in total. The largest absolute Gasteiger partial charge is 0.497 e. The van der Waals surface area contributed by atoms with Gasteiger partial charge in [-0.25, -0.2) is 4.39 Å². The first-order valence-electron chi connectivity index (χ1n) is 6.76. The van der Waals surface area contributed by atoms with Crippen LogP contribution in [0.3, 0.4) is 0 Å². The topological polar surface area (TPSA) is 25.0 Å². The fraction of sp³-hybridized carbons (Fsp3) is 0.111. The summed E-state index contributed by atoms with van der Waals surface area (Å²) in [6, 6.07) is 12.4. The van der Waals surface area contributed by atoms with Crippen molar-refractivity contribution in [2.45, 2.75) is 5.92 Å². The Balaban J connectivity index is 2.12. The number of halogens is 1. The number of methoxy groups -OCH3 is 1. The number of nitrogens with one attached hydrogen (secondary N) is 1. The summed E-state index contributed by atoms with van der Waals surface area (Å²) in [5.74, 6) is 0.582. The minimum atomic E-state index is -0.234. The SMILES string of the molecule is C=CC(c1ccc(F)cc1)c1c[nH]c2ccc(OC)cc12. The van der Waals surface area contributed by atoms with Gasteiger partial charge >= 0.3 is 0 Å². The van der Waals surface area contributed by atoms with Crippen molar-refractivity contribution in [1.29, 1.82) is 0 Å². The molecule has 2 aromatic carbocycles. The van der Waals surface area contributed by atoms with Gasteiger partial charge in [-0.05, 0) is 41.5 Å². The molecule has 0 amide bonds. The average molecular weight is 281 g/mol. The van der Waals surface area contributed by atoms with Crippen molar-refractivity contribution < 1.29 is 9.13 Å². The first-order chi connectivity index (χ1) is 10.2. The van der Waals surface area contributed by atoms with Crippen LogP contribution in [-0.2, 0) is 0 Å². The number of ether oxygens (including phenoxy) is 1. The van der Waals surface area contributed by atoms with Crippen LogP contribution in [0.4, 0.5) is 4.39 Å². The van der Waals surface area contributed by atoms with Gasteiger partial charge in [-0.1, -0.05) is 18.2 Å². The molecular formula is C18H16FNO. The van der Waals surface area contributed by atoms with Gasteiger partial charge in [-0.2, -0.15) is 0 Å². The zero-order valence-corrected chi connectivity index (χ0v) is 11.8. The molecule has 0 aliphatic carbocycles. The summed E-state index contributed by atoms with van der Waals surface area (Å²) in [7, 11) is 1.65. The van der Waals surface area contributed by atoms with Gasteiger partial charge in [0.05, 0.1) is 7.11 Å². The predicted octanol–water partition coefficient (Wildman–Crippen LogP) is 4.63. The molecule has 3 heteroatoms. The Morgan fingerprint density at radius 3 is 2.62 bits per heavy atom. The smallest absolute Gasteiger partial charge is 0.123 e. The molecule has 0 radical (unpaired) electrons. The summed E-state index contributed by atoms with van der Waals surface area (Å²) in [5.41, 5.74) is 3.15. The molecule has 1 aromatic heterocycles. The van der Waals surface area contributed by atoms with Crippen molar-refractivity contribution in [2.24, 2.45) is 0 Å². The number of hydrogen-bond acceptors (Lipinski definition) is 1. The van der Waals surface area contributed by atoms with E-state index in [-0.39, 0.29) is 11.7 Å². The summed E-state index contributed by atoms with van der Waals surface area (Å²) in [4.78, 5) is 3.26. The van der Waals surface area contributed by atoms with Gasteiger partial charge < -0.3 is 9.72 Å². The van der Waals surface area contributed by atoms with Gasteiger partial charge in [-0.15, -0.1) is 6.58 Å². The Morgan fingerprint density at radius 1 is 1.19 bits per heavy atom. The Bertz CT molecular complexity index is 774. The molecule has 0 bridgehead atoms. The van der Waals surface area contributed by atoms with E-state index in [9.17, 15) is 4.39 Å². The van der Waals surface area contributed by atoms with E-state index in [1.165, 1.54) is 12.1 Å². The zero-order chi connectivity index (χ0) is 14.8. The Labute approximate surface area is 122 Å². The van der Waals surface area contributed by atoms with Crippen molar-refractivity contribution in [3.05, 3.63) is 78.3 Å². The van der Waals surface area contributed by atoms with Crippen molar-refractivity contribution in [1.82, 2.24) is 4.98 Å². The highest BCUT2D eigenvalue weighted by molar-refractivity contribution is 5.86. The highest BCUT2D eigenvalue weighted by atomic mass is 19.1. The first-order valence-corrected chi connectivity index (χ1v) is 6.76. The van der Waals surface area contributed by atoms with Gasteiger partial charge in [0.2, 0.25) is 0 Å². The van der Waals surface area contributed by atoms with Gasteiger partial charge in [0.25, 0.3) is 0 Å². The monoisotopic (exact) mass is 281 g/mol. The number of allylic oxidation sites excluding steroid dienone is 1. The van der Waals surface area contributed by atoms with E-state index in [0.29, 0.717) is 0 Å². The molecule has 3 rings (SSSR count). The third-order valence-electron chi connectivity index (χ3n) is 3.72. The van der Waals surface area contributed by atoms with Crippen LogP contribution in [0, 0.1) is 5.82 Å². The van der Waals surface area contributed by atoms with Gasteiger partial charge in [0, 0.05) is 23.0 Å². The molecule has 1 atom stereocenters. The Morgan fingerprint density at radius 2 is 1.95 bits per heavy atom. The number of H-pyrrole nitrogens is 1. The maximum absolute atomic E-state index is 13.1. The molecule has 0 spiro atoms. The minimum Gasteiger partial charge on any atom is -0.497 e. The number of fused-ring (bicyclic) bond motifs is 1. The molecule has 0 saturated heterocycles. The van der Waals surface area contributed by atoms with E-state index in [4.69, 9.17) is 4.74 Å². The van der Waals surface area contributed by atoms with Crippen LogP contribution in [0.15, 0.2) is 61.3 Å². The second-order valence-corrected chi connectivity index (χ2v) is 4.92. The van der Waals surface area contributed by atoms with Crippen molar-refractivity contribution in [2.75, 3.05) is 7.11 Å². The molecule has 1 heterocycles. The third kappa shape index (κ3) is 2.42. The normalized spacial score (nSPS) is 12.3. The van der Waals surface area contributed by atoms with Crippen LogP contribution >= 0.6 is 0 Å². The van der Waals surface area contributed by atoms with E-state index < -0.39 is 0 Å². The second kappa shape index (κ2) is 5.44. The molecule has 3 aromatic rings. The van der Waals surface area contributed by atoms with E-state index in [1.54, 1.807) is 19.2 Å². The summed E-state index contributed by atoms with van der Waals surface area (Å²) in [5, 5.41) is 1.09. The van der Waals surface area contributed by atoms with Crippen molar-refractivity contribution in [3.63, 3.8) is 0 Å². The van der Waals surface area contributed by atoms with Crippen molar-refractivity contribution in [3.8, 4) is 5.75 Å². The molecule has 106 valence electrons. The average Bonchev–Trinajstić information content (AvgIpc) is 2.93. The number of benzene rings is 2. The van der Waals surface area contributed by atoms with E-state index in [2.05, 4.69) is 11.6 Å². The third-order valence-corrected chi connectivity index (χ3v) is 3.72. The van der Waals surface area contributed by atoms with Gasteiger partial charge in [0.15, 0.2) is 0 Å². The number of aromatic amines is 1. The minimum absolute atomic E-state index is 0.00598. The lowest BCUT2D eigenvalue weighted by molar-refractivity contribution is 0.415. The standard InChI is InChI=1S/C18H16FNO/c1-3-15(12-4-6-13(19)7-5-12)17-11-20-18-9-8-14(21-2)10-16(17)18/h3-11,15,20H,1H2,2H3. The van der Waals surface area contributed by atoms with E-state index >= 15 is 0 Å². The highest BCUT2D eigenvalue weighted by Gasteiger charge is 2.15. The van der Waals surface area contributed by atoms with Gasteiger partial charge in [0.1, 0.15) is 11.6 Å². The Hall–Kier alpha value is -2.55. The summed E-state index contributed by atoms with van der Waals surface area (Å²) < 4.78 is 18.4. The molecule has 0 aliphatic rings. The van der Waals surface area contributed by atoms with Crippen LogP contribution in [0.5, 0.6) is 5.75 Å². The number of rotatable bonds is 4. The van der Waals surface area contributed by atoms with Crippen LogP contribution in [0.25, 0.3) is 10.9 Å². The van der Waals surface area contributed by atoms with Gasteiger partial charge in [-0.3, -0.25) is 0 Å². The number of hydrogen-bond donors (Lipinski definition) is 1. The predicted molar refractivity (Wildman–Crippen MR) is 83.3 cm³/mol. The quantitative estimate of drug-likeness (QED) is 0.693. The lowest BCUT2D eigenvalue weighted by Crippen LogP contribution is -1.96. The summed E-state index contributed by atoms with van der Waals surface area (Å²) in [6.07, 6.45) is 3.84. The molecule has 21 heavy (non-hydrogen) atoms. The highest BCUT2D eigenvalue weighted by Crippen LogP contribution is 2.33. The van der Waals surface area contributed by atoms with Crippen molar-refractivity contribution >= 4 is 10.9 Å². The fourth-order valence-corrected chi connectivity index (χ4v) is 2.62. The van der Waals surface area contributed by atoms with E-state index in [0.717, 1.165) is 27.8 Å². The lowest BCUT2D eigenvalue weighted by atomic mass is 9.91. The molecule has 0 fully saturated rings. The van der Waals surface area contributed by atoms with Crippen LogP contribution in [0.2, 0.25) is 0 Å². The molecule has 1 unspecified atom stereocenters. The van der Waals surface area contributed by atoms with Crippen LogP contribution in [-0.4, -0.2) is 12.1 Å². The maximum Gasteiger partial charge on any atom is 0.123 e. The molecule has 0 saturated carbocycles. The zero-order valence-electron chi connectivity index (χ0n) is 11.8. The molecular weight excluding hydrogens is 265 g/mol. The lowest BCUT2D eigenvalue weighted by Gasteiger charge is -2.12. The summed E-state index contributed by atoms with van der Waals surface area (Å²) >= 11 is 0. The van der Waals surface area contributed by atoms with Crippen LogP contribution < -0.4 is 4.74 Å². The molecule has 0 aliphatic heterocycles. The van der Waals surface area contributed by atoms with E-state index in [1.807, 2.05) is 30.5 Å². The maximum atomic E-state index is 13.1. The first kappa shape index (κ1) is 13.4. The molecule has 1 N–H and O–H groups in total. The fourth-order valence-electron chi connectivity index (χ4n) is 2.62. The summed E-state index contributed by atoms with van der Waals surface area (Å²) in [6.45, 7) is 3.93.